The molecule has 11 nitrogen and oxygen atoms in total. The minimum atomic E-state index is -1.54. The molecule has 4 aromatic rings. The summed E-state index contributed by atoms with van der Waals surface area (Å²) in [5.41, 5.74) is -1.94. The van der Waals surface area contributed by atoms with Gasteiger partial charge in [0, 0.05) is 22.3 Å². The second-order valence-corrected chi connectivity index (χ2v) is 17.2. The molecule has 0 saturated heterocycles. The topological polar surface area (TPSA) is 177 Å². The lowest BCUT2D eigenvalue weighted by atomic mass is 9.92. The van der Waals surface area contributed by atoms with Crippen LogP contribution in [0.2, 0.25) is 0 Å². The third kappa shape index (κ3) is 12.6. The molecule has 0 amide bonds. The Morgan fingerprint density at radius 3 is 0.898 bits per heavy atom. The van der Waals surface area contributed by atoms with Gasteiger partial charge in [-0.15, -0.1) is 0 Å². The first-order valence-corrected chi connectivity index (χ1v) is 19.6. The van der Waals surface area contributed by atoms with Gasteiger partial charge in [-0.2, -0.15) is 0 Å². The van der Waals surface area contributed by atoms with Crippen LogP contribution < -0.4 is 0 Å². The molecule has 11 heteroatoms. The maximum atomic E-state index is 12.7. The molecule has 0 spiro atoms. The predicted octanol–water partition coefficient (Wildman–Crippen LogP) is 7.21. The second-order valence-electron chi connectivity index (χ2n) is 17.2. The fourth-order valence-electron chi connectivity index (χ4n) is 6.24. The summed E-state index contributed by atoms with van der Waals surface area (Å²) in [4.78, 5) is 50.9. The number of carbonyl (C=O) groups is 4. The van der Waals surface area contributed by atoms with Crippen LogP contribution in [0.4, 0.5) is 0 Å². The molecule has 0 saturated carbocycles. The Morgan fingerprint density at radius 1 is 0.407 bits per heavy atom. The number of rotatable bonds is 20. The average Bonchev–Trinajstić information content (AvgIpc) is 3.17. The maximum Gasteiger partial charge on any atom is 0.193 e. The molecule has 0 aliphatic carbocycles. The normalized spacial score (nSPS) is 13.7. The van der Waals surface area contributed by atoms with Gasteiger partial charge in [-0.1, -0.05) is 97.1 Å². The van der Waals surface area contributed by atoms with Crippen molar-refractivity contribution in [3.05, 3.63) is 142 Å². The maximum absolute atomic E-state index is 12.7. The van der Waals surface area contributed by atoms with Gasteiger partial charge >= 0.3 is 0 Å². The van der Waals surface area contributed by atoms with Crippen molar-refractivity contribution in [2.75, 3.05) is 13.2 Å². The van der Waals surface area contributed by atoms with Crippen LogP contribution in [0.3, 0.4) is 0 Å². The lowest BCUT2D eigenvalue weighted by molar-refractivity contribution is -0.0781. The van der Waals surface area contributed by atoms with Gasteiger partial charge in [0.05, 0.1) is 25.4 Å². The Morgan fingerprint density at radius 2 is 0.644 bits per heavy atom. The third-order valence-corrected chi connectivity index (χ3v) is 9.61. The van der Waals surface area contributed by atoms with Crippen molar-refractivity contribution >= 4 is 23.1 Å². The fraction of sp³-hybridized carbons (Fsp3) is 0.417. The highest BCUT2D eigenvalue weighted by Crippen LogP contribution is 2.31. The first kappa shape index (κ1) is 47.0. The molecule has 0 fully saturated rings. The SMILES string of the molecule is CC(COC(c1ccc(C(=O)C(C)(C)O)cc1)c1ccc(C(=O)C(C)(C)O)cc1)OCC(C)OC(c1ccc(C(=O)C(C)(C)O)cc1)c1ccc(C(=O)C(C)(C)O)cc1. The van der Waals surface area contributed by atoms with Crippen LogP contribution in [-0.4, -0.2) is 91.4 Å². The van der Waals surface area contributed by atoms with E-state index in [2.05, 4.69) is 0 Å². The molecule has 0 aromatic heterocycles. The van der Waals surface area contributed by atoms with Crippen LogP contribution in [0, 0.1) is 0 Å². The van der Waals surface area contributed by atoms with Crippen LogP contribution >= 0.6 is 0 Å². The van der Waals surface area contributed by atoms with Gasteiger partial charge in [0.2, 0.25) is 0 Å². The van der Waals surface area contributed by atoms with E-state index in [1.165, 1.54) is 55.4 Å². The first-order valence-electron chi connectivity index (χ1n) is 19.6. The van der Waals surface area contributed by atoms with E-state index in [9.17, 15) is 39.6 Å². The van der Waals surface area contributed by atoms with Gasteiger partial charge in [-0.3, -0.25) is 19.2 Å². The number of benzene rings is 4. The van der Waals surface area contributed by atoms with Crippen LogP contribution in [0.1, 0.15) is 145 Å². The monoisotopic (exact) mass is 810 g/mol. The highest BCUT2D eigenvalue weighted by atomic mass is 16.6. The van der Waals surface area contributed by atoms with Crippen molar-refractivity contribution in [1.29, 1.82) is 0 Å². The Hall–Kier alpha value is -4.72. The third-order valence-electron chi connectivity index (χ3n) is 9.61. The molecule has 59 heavy (non-hydrogen) atoms. The first-order chi connectivity index (χ1) is 27.3. The van der Waals surface area contributed by atoms with Gasteiger partial charge in [-0.05, 0) is 91.5 Å². The van der Waals surface area contributed by atoms with E-state index in [1.54, 1.807) is 97.1 Å². The van der Waals surface area contributed by atoms with Crippen LogP contribution in [0.5, 0.6) is 0 Å². The van der Waals surface area contributed by atoms with Gasteiger partial charge < -0.3 is 34.6 Å². The van der Waals surface area contributed by atoms with Crippen molar-refractivity contribution in [2.24, 2.45) is 0 Å². The van der Waals surface area contributed by atoms with E-state index in [0.717, 1.165) is 22.3 Å². The molecule has 4 N–H and O–H groups in total. The van der Waals surface area contributed by atoms with Gasteiger partial charge in [0.25, 0.3) is 0 Å². The largest absolute Gasteiger partial charge is 0.382 e. The zero-order chi connectivity index (χ0) is 44.1. The number of aliphatic hydroxyl groups is 4. The van der Waals surface area contributed by atoms with Crippen LogP contribution in [0.15, 0.2) is 97.1 Å². The zero-order valence-electron chi connectivity index (χ0n) is 35.6. The Bertz CT molecular complexity index is 1920. The van der Waals surface area contributed by atoms with Crippen molar-refractivity contribution in [2.45, 2.75) is 116 Å². The fourth-order valence-corrected chi connectivity index (χ4v) is 6.24. The number of Topliss-reactive ketones (excluding diaryl/α,β-unsaturated/α-hetero) is 4. The number of ketones is 4. The molecular formula is C48H58O11. The van der Waals surface area contributed by atoms with E-state index >= 15 is 0 Å². The molecule has 0 heterocycles. The van der Waals surface area contributed by atoms with E-state index < -0.39 is 70.0 Å². The molecule has 0 aliphatic rings. The van der Waals surface area contributed by atoms with Crippen LogP contribution in [0.25, 0.3) is 0 Å². The quantitative estimate of drug-likeness (QED) is 0.0664. The van der Waals surface area contributed by atoms with E-state index in [0.29, 0.717) is 22.3 Å². The van der Waals surface area contributed by atoms with Crippen molar-refractivity contribution in [3.63, 3.8) is 0 Å². The lowest BCUT2D eigenvalue weighted by Crippen LogP contribution is -2.31. The molecule has 4 rings (SSSR count). The highest BCUT2D eigenvalue weighted by molar-refractivity contribution is 6.03. The summed E-state index contributed by atoms with van der Waals surface area (Å²) in [5, 5.41) is 41.0. The minimum absolute atomic E-state index is 0.142. The summed E-state index contributed by atoms with van der Waals surface area (Å²) in [6, 6.07) is 27.1. The van der Waals surface area contributed by atoms with Crippen LogP contribution in [-0.2, 0) is 14.2 Å². The smallest absolute Gasteiger partial charge is 0.193 e. The zero-order valence-corrected chi connectivity index (χ0v) is 35.6. The summed E-state index contributed by atoms with van der Waals surface area (Å²) in [6.07, 6.45) is -2.16. The number of hydrogen-bond acceptors (Lipinski definition) is 11. The summed E-state index contributed by atoms with van der Waals surface area (Å²) in [5.74, 6) is -1.70. The standard InChI is InChI=1S/C48H58O11/c1-29(27-58-39(31-11-19-35(20-12-31)41(49)45(3,4)53)32-13-21-36(22-14-32)42(50)46(5,6)54)57-28-30(2)59-40(33-15-23-37(24-16-33)43(51)47(7,8)55)34-17-25-38(26-18-34)44(52)48(9,10)56/h11-26,29-30,39-40,53-56H,27-28H2,1-10H3. The average molecular weight is 811 g/mol. The molecule has 316 valence electrons. The molecule has 0 radical (unpaired) electrons. The highest BCUT2D eigenvalue weighted by Gasteiger charge is 2.30. The second kappa shape index (κ2) is 18.7. The number of carbonyl (C=O) groups excluding carboxylic acids is 4. The van der Waals surface area contributed by atoms with Crippen molar-refractivity contribution < 1.29 is 53.8 Å². The van der Waals surface area contributed by atoms with Gasteiger partial charge in [-0.25, -0.2) is 0 Å². The molecule has 0 bridgehead atoms. The minimum Gasteiger partial charge on any atom is -0.382 e. The molecule has 4 aromatic carbocycles. The molecular weight excluding hydrogens is 753 g/mol. The Balaban J connectivity index is 1.52. The predicted molar refractivity (Wildman–Crippen MR) is 224 cm³/mol. The Kier molecular flexibility index (Phi) is 14.9. The molecule has 2 atom stereocenters. The van der Waals surface area contributed by atoms with Gasteiger partial charge in [0.1, 0.15) is 34.6 Å². The van der Waals surface area contributed by atoms with Gasteiger partial charge in [0.15, 0.2) is 23.1 Å². The number of ether oxygens (including phenoxy) is 3. The van der Waals surface area contributed by atoms with Crippen molar-refractivity contribution in [1.82, 2.24) is 0 Å². The lowest BCUT2D eigenvalue weighted by Gasteiger charge is -2.26. The Labute approximate surface area is 347 Å². The van der Waals surface area contributed by atoms with Crippen molar-refractivity contribution in [3.8, 4) is 0 Å². The van der Waals surface area contributed by atoms with E-state index in [1.807, 2.05) is 13.8 Å². The van der Waals surface area contributed by atoms with E-state index in [-0.39, 0.29) is 13.2 Å². The van der Waals surface area contributed by atoms with E-state index in [4.69, 9.17) is 14.2 Å². The number of hydrogen-bond donors (Lipinski definition) is 4. The summed E-state index contributed by atoms with van der Waals surface area (Å²) >= 11 is 0. The summed E-state index contributed by atoms with van der Waals surface area (Å²) < 4.78 is 19.2. The summed E-state index contributed by atoms with van der Waals surface area (Å²) in [6.45, 7) is 15.5. The summed E-state index contributed by atoms with van der Waals surface area (Å²) in [7, 11) is 0. The molecule has 0 aliphatic heterocycles. The molecule has 2 unspecified atom stereocenters.